The van der Waals surface area contributed by atoms with Gasteiger partial charge in [0.05, 0.1) is 16.4 Å². The SMILES string of the molecule is N#CC1(Cc2ccc(Cl)cc2[N+](=O)[O-])CCCCCC1. The number of halogens is 1. The Morgan fingerprint density at radius 1 is 1.30 bits per heavy atom. The van der Waals surface area contributed by atoms with Crippen LogP contribution in [-0.2, 0) is 6.42 Å². The predicted octanol–water partition coefficient (Wildman–Crippen LogP) is 4.65. The highest BCUT2D eigenvalue weighted by Crippen LogP contribution is 2.39. The summed E-state index contributed by atoms with van der Waals surface area (Å²) in [6.07, 6.45) is 6.42. The summed E-state index contributed by atoms with van der Waals surface area (Å²) < 4.78 is 0. The van der Waals surface area contributed by atoms with E-state index in [9.17, 15) is 15.4 Å². The summed E-state index contributed by atoms with van der Waals surface area (Å²) in [7, 11) is 0. The van der Waals surface area contributed by atoms with Crippen molar-refractivity contribution in [2.75, 3.05) is 0 Å². The Bertz CT molecular complexity index is 543. The fourth-order valence-electron chi connectivity index (χ4n) is 2.95. The first-order chi connectivity index (χ1) is 9.56. The van der Waals surface area contributed by atoms with E-state index in [4.69, 9.17) is 11.6 Å². The van der Waals surface area contributed by atoms with Crippen molar-refractivity contribution in [3.63, 3.8) is 0 Å². The van der Waals surface area contributed by atoms with Crippen LogP contribution in [0.5, 0.6) is 0 Å². The minimum absolute atomic E-state index is 0.0244. The maximum absolute atomic E-state index is 11.1. The summed E-state index contributed by atoms with van der Waals surface area (Å²) in [6, 6.07) is 7.15. The standard InChI is InChI=1S/C15H17ClN2O2/c16-13-6-5-12(14(9-13)18(19)20)10-15(11-17)7-3-1-2-4-8-15/h5-6,9H,1-4,7-8,10H2. The van der Waals surface area contributed by atoms with Crippen LogP contribution in [0.2, 0.25) is 5.02 Å². The van der Waals surface area contributed by atoms with E-state index in [2.05, 4.69) is 6.07 Å². The molecule has 0 amide bonds. The maximum Gasteiger partial charge on any atom is 0.274 e. The Labute approximate surface area is 123 Å². The molecule has 1 aliphatic carbocycles. The number of nitro groups is 1. The zero-order valence-electron chi connectivity index (χ0n) is 11.3. The molecule has 2 rings (SSSR count). The first-order valence-electron chi connectivity index (χ1n) is 6.90. The summed E-state index contributed by atoms with van der Waals surface area (Å²) in [5.74, 6) is 0. The van der Waals surface area contributed by atoms with Gasteiger partial charge in [-0.05, 0) is 25.3 Å². The lowest BCUT2D eigenvalue weighted by molar-refractivity contribution is -0.385. The average molecular weight is 293 g/mol. The van der Waals surface area contributed by atoms with Gasteiger partial charge >= 0.3 is 0 Å². The molecule has 106 valence electrons. The number of nitriles is 1. The minimum Gasteiger partial charge on any atom is -0.258 e. The van der Waals surface area contributed by atoms with Gasteiger partial charge in [0.1, 0.15) is 0 Å². The van der Waals surface area contributed by atoms with Crippen molar-refractivity contribution < 1.29 is 4.92 Å². The van der Waals surface area contributed by atoms with Crippen LogP contribution in [-0.4, -0.2) is 4.92 Å². The highest BCUT2D eigenvalue weighted by molar-refractivity contribution is 6.30. The normalized spacial score (nSPS) is 18.0. The van der Waals surface area contributed by atoms with Crippen molar-refractivity contribution >= 4 is 17.3 Å². The third-order valence-electron chi connectivity index (χ3n) is 4.07. The molecule has 4 nitrogen and oxygen atoms in total. The molecule has 1 saturated carbocycles. The minimum atomic E-state index is -0.463. The largest absolute Gasteiger partial charge is 0.274 e. The van der Waals surface area contributed by atoms with Crippen LogP contribution in [0, 0.1) is 26.9 Å². The van der Waals surface area contributed by atoms with Crippen LogP contribution < -0.4 is 0 Å². The molecule has 0 bridgehead atoms. The summed E-state index contributed by atoms with van der Waals surface area (Å²) in [6.45, 7) is 0. The van der Waals surface area contributed by atoms with Crippen molar-refractivity contribution in [1.82, 2.24) is 0 Å². The van der Waals surface area contributed by atoms with Crippen molar-refractivity contribution in [1.29, 1.82) is 5.26 Å². The van der Waals surface area contributed by atoms with E-state index in [0.29, 0.717) is 17.0 Å². The van der Waals surface area contributed by atoms with Gasteiger partial charge in [-0.1, -0.05) is 43.4 Å². The molecule has 1 aliphatic rings. The van der Waals surface area contributed by atoms with Crippen LogP contribution in [0.1, 0.15) is 44.1 Å². The second-order valence-corrected chi connectivity index (χ2v) is 5.95. The van der Waals surface area contributed by atoms with Crippen molar-refractivity contribution in [2.24, 2.45) is 5.41 Å². The Balaban J connectivity index is 2.32. The zero-order chi connectivity index (χ0) is 14.6. The second-order valence-electron chi connectivity index (χ2n) is 5.51. The first-order valence-corrected chi connectivity index (χ1v) is 7.28. The molecule has 0 aromatic heterocycles. The Kier molecular flexibility index (Phi) is 4.61. The molecule has 0 N–H and O–H groups in total. The monoisotopic (exact) mass is 292 g/mol. The molecule has 0 radical (unpaired) electrons. The molecule has 0 saturated heterocycles. The highest BCUT2D eigenvalue weighted by Gasteiger charge is 2.33. The van der Waals surface area contributed by atoms with Crippen molar-refractivity contribution in [2.45, 2.75) is 44.9 Å². The van der Waals surface area contributed by atoms with Gasteiger partial charge in [0, 0.05) is 16.7 Å². The van der Waals surface area contributed by atoms with E-state index in [0.717, 1.165) is 38.5 Å². The van der Waals surface area contributed by atoms with E-state index in [1.54, 1.807) is 12.1 Å². The molecular weight excluding hydrogens is 276 g/mol. The van der Waals surface area contributed by atoms with E-state index < -0.39 is 10.3 Å². The zero-order valence-corrected chi connectivity index (χ0v) is 12.0. The van der Waals surface area contributed by atoms with Gasteiger partial charge in [0.15, 0.2) is 0 Å². The van der Waals surface area contributed by atoms with E-state index in [1.807, 2.05) is 0 Å². The second kappa shape index (κ2) is 6.23. The van der Waals surface area contributed by atoms with Crippen LogP contribution in [0.25, 0.3) is 0 Å². The molecule has 20 heavy (non-hydrogen) atoms. The summed E-state index contributed by atoms with van der Waals surface area (Å²) in [5.41, 5.74) is 0.175. The Morgan fingerprint density at radius 3 is 2.50 bits per heavy atom. The van der Waals surface area contributed by atoms with Gasteiger partial charge in [-0.2, -0.15) is 5.26 Å². The van der Waals surface area contributed by atoms with Gasteiger partial charge < -0.3 is 0 Å². The number of hydrogen-bond acceptors (Lipinski definition) is 3. The number of nitro benzene ring substituents is 1. The molecule has 1 aromatic carbocycles. The van der Waals surface area contributed by atoms with Gasteiger partial charge in [-0.15, -0.1) is 0 Å². The first kappa shape index (κ1) is 14.8. The number of hydrogen-bond donors (Lipinski definition) is 0. The fourth-order valence-corrected chi connectivity index (χ4v) is 3.12. The van der Waals surface area contributed by atoms with E-state index >= 15 is 0 Å². The number of rotatable bonds is 3. The number of benzene rings is 1. The third kappa shape index (κ3) is 3.29. The van der Waals surface area contributed by atoms with Gasteiger partial charge in [-0.25, -0.2) is 0 Å². The summed E-state index contributed by atoms with van der Waals surface area (Å²) in [5, 5.41) is 21.1. The van der Waals surface area contributed by atoms with E-state index in [-0.39, 0.29) is 5.69 Å². The van der Waals surface area contributed by atoms with Crippen LogP contribution in [0.15, 0.2) is 18.2 Å². The molecule has 5 heteroatoms. The van der Waals surface area contributed by atoms with Gasteiger partial charge in [0.2, 0.25) is 0 Å². The van der Waals surface area contributed by atoms with Gasteiger partial charge in [-0.3, -0.25) is 10.1 Å². The summed E-state index contributed by atoms with van der Waals surface area (Å²) >= 11 is 5.83. The van der Waals surface area contributed by atoms with Crippen molar-refractivity contribution in [3.8, 4) is 6.07 Å². The lowest BCUT2D eigenvalue weighted by atomic mass is 9.76. The molecular formula is C15H17ClN2O2. The molecule has 0 spiro atoms. The molecule has 0 atom stereocenters. The Hall–Kier alpha value is -1.60. The van der Waals surface area contributed by atoms with Crippen LogP contribution in [0.3, 0.4) is 0 Å². The predicted molar refractivity (Wildman–Crippen MR) is 77.6 cm³/mol. The molecule has 0 aliphatic heterocycles. The van der Waals surface area contributed by atoms with E-state index in [1.165, 1.54) is 6.07 Å². The van der Waals surface area contributed by atoms with Crippen molar-refractivity contribution in [3.05, 3.63) is 38.9 Å². The molecule has 0 heterocycles. The Morgan fingerprint density at radius 2 is 1.95 bits per heavy atom. The third-order valence-corrected chi connectivity index (χ3v) is 4.31. The molecule has 1 aromatic rings. The highest BCUT2D eigenvalue weighted by atomic mass is 35.5. The smallest absolute Gasteiger partial charge is 0.258 e. The maximum atomic E-state index is 11.1. The van der Waals surface area contributed by atoms with Crippen LogP contribution in [0.4, 0.5) is 5.69 Å². The molecule has 0 unspecified atom stereocenters. The number of nitrogens with zero attached hydrogens (tertiary/aromatic N) is 2. The lowest BCUT2D eigenvalue weighted by Crippen LogP contribution is -2.21. The van der Waals surface area contributed by atoms with Gasteiger partial charge in [0.25, 0.3) is 5.69 Å². The quantitative estimate of drug-likeness (QED) is 0.462. The topological polar surface area (TPSA) is 66.9 Å². The lowest BCUT2D eigenvalue weighted by Gasteiger charge is -2.24. The van der Waals surface area contributed by atoms with Crippen LogP contribution >= 0.6 is 11.6 Å². The molecule has 1 fully saturated rings. The fraction of sp³-hybridized carbons (Fsp3) is 0.533. The summed E-state index contributed by atoms with van der Waals surface area (Å²) in [4.78, 5) is 10.7. The average Bonchev–Trinajstić information content (AvgIpc) is 2.67.